The molecule has 2 aromatic heterocycles. The van der Waals surface area contributed by atoms with Crippen LogP contribution in [0.3, 0.4) is 0 Å². The number of H-pyrrole nitrogens is 1. The minimum atomic E-state index is 0.740. The molecule has 5 heteroatoms. The van der Waals surface area contributed by atoms with Crippen molar-refractivity contribution >= 4 is 45.9 Å². The number of nitrogens with one attached hydrogen (secondary N) is 1. The van der Waals surface area contributed by atoms with Crippen molar-refractivity contribution in [3.8, 4) is 0 Å². The molecule has 1 aliphatic rings. The number of aromatic nitrogens is 3. The van der Waals surface area contributed by atoms with Crippen LogP contribution in [0.15, 0.2) is 30.5 Å². The second-order valence-corrected chi connectivity index (χ2v) is 7.25. The van der Waals surface area contributed by atoms with E-state index in [0.29, 0.717) is 0 Å². The van der Waals surface area contributed by atoms with Crippen molar-refractivity contribution in [2.24, 2.45) is 5.92 Å². The summed E-state index contributed by atoms with van der Waals surface area (Å²) in [5, 5.41) is 1.19. The van der Waals surface area contributed by atoms with Gasteiger partial charge in [0.05, 0.1) is 22.7 Å². The summed E-state index contributed by atoms with van der Waals surface area (Å²) in [5.41, 5.74) is 3.29. The summed E-state index contributed by atoms with van der Waals surface area (Å²) in [5.74, 6) is 3.30. The van der Waals surface area contributed by atoms with E-state index in [1.807, 2.05) is 12.3 Å². The first-order valence-corrected chi connectivity index (χ1v) is 8.93. The highest BCUT2D eigenvalue weighted by atomic mass is 32.2. The third kappa shape index (κ3) is 2.38. The van der Waals surface area contributed by atoms with Gasteiger partial charge in [0.2, 0.25) is 0 Å². The molecule has 108 valence electrons. The van der Waals surface area contributed by atoms with Gasteiger partial charge in [0.15, 0.2) is 4.77 Å². The van der Waals surface area contributed by atoms with Crippen LogP contribution in [0, 0.1) is 10.7 Å². The summed E-state index contributed by atoms with van der Waals surface area (Å²) in [6.45, 7) is 1.02. The van der Waals surface area contributed by atoms with Crippen LogP contribution in [0.4, 0.5) is 0 Å². The Balaban J connectivity index is 1.88. The molecular weight excluding hydrogens is 298 g/mol. The average Bonchev–Trinajstić information content (AvgIpc) is 2.85. The van der Waals surface area contributed by atoms with Gasteiger partial charge in [-0.3, -0.25) is 4.98 Å². The molecule has 21 heavy (non-hydrogen) atoms. The van der Waals surface area contributed by atoms with Crippen LogP contribution in [0.25, 0.3) is 21.9 Å². The number of imidazole rings is 1. The molecule has 1 N–H and O–H groups in total. The first-order chi connectivity index (χ1) is 10.3. The fraction of sp³-hybridized carbons (Fsp3) is 0.375. The van der Waals surface area contributed by atoms with Crippen LogP contribution < -0.4 is 0 Å². The van der Waals surface area contributed by atoms with Crippen molar-refractivity contribution in [2.45, 2.75) is 19.4 Å². The van der Waals surface area contributed by atoms with Gasteiger partial charge >= 0.3 is 0 Å². The third-order valence-electron chi connectivity index (χ3n) is 4.29. The molecule has 1 saturated heterocycles. The van der Waals surface area contributed by atoms with Crippen LogP contribution >= 0.6 is 24.0 Å². The topological polar surface area (TPSA) is 33.6 Å². The summed E-state index contributed by atoms with van der Waals surface area (Å²) in [6.07, 6.45) is 4.49. The van der Waals surface area contributed by atoms with Crippen molar-refractivity contribution in [1.29, 1.82) is 0 Å². The van der Waals surface area contributed by atoms with Gasteiger partial charge in [-0.05, 0) is 48.5 Å². The lowest BCUT2D eigenvalue weighted by molar-refractivity contribution is 0.420. The van der Waals surface area contributed by atoms with Crippen molar-refractivity contribution in [2.75, 3.05) is 11.5 Å². The quantitative estimate of drug-likeness (QED) is 0.712. The number of para-hydroxylation sites is 1. The number of fused-ring (bicyclic) bond motifs is 3. The van der Waals surface area contributed by atoms with Crippen LogP contribution in [0.2, 0.25) is 0 Å². The highest BCUT2D eigenvalue weighted by Crippen LogP contribution is 2.28. The van der Waals surface area contributed by atoms with Gasteiger partial charge in [0.1, 0.15) is 0 Å². The van der Waals surface area contributed by atoms with Crippen molar-refractivity contribution in [1.82, 2.24) is 14.5 Å². The Bertz CT molecular complexity index is 843. The number of benzene rings is 1. The molecule has 3 aromatic rings. The largest absolute Gasteiger partial charge is 0.329 e. The summed E-state index contributed by atoms with van der Waals surface area (Å²) in [6, 6.07) is 8.30. The van der Waals surface area contributed by atoms with Gasteiger partial charge in [-0.2, -0.15) is 11.8 Å². The van der Waals surface area contributed by atoms with E-state index >= 15 is 0 Å². The van der Waals surface area contributed by atoms with Crippen LogP contribution in [-0.2, 0) is 6.54 Å². The van der Waals surface area contributed by atoms with Gasteiger partial charge in [0, 0.05) is 11.9 Å². The van der Waals surface area contributed by atoms with Gasteiger partial charge < -0.3 is 9.55 Å². The van der Waals surface area contributed by atoms with E-state index in [1.165, 1.54) is 35.3 Å². The second kappa shape index (κ2) is 5.46. The molecule has 1 aliphatic heterocycles. The van der Waals surface area contributed by atoms with Crippen molar-refractivity contribution in [3.63, 3.8) is 0 Å². The van der Waals surface area contributed by atoms with Gasteiger partial charge in [0.25, 0.3) is 0 Å². The van der Waals surface area contributed by atoms with Crippen molar-refractivity contribution < 1.29 is 0 Å². The zero-order chi connectivity index (χ0) is 14.2. The minimum absolute atomic E-state index is 0.740. The molecule has 0 bridgehead atoms. The maximum absolute atomic E-state index is 5.56. The Morgan fingerprint density at radius 2 is 2.10 bits per heavy atom. The number of hydrogen-bond donors (Lipinski definition) is 1. The van der Waals surface area contributed by atoms with Gasteiger partial charge in [-0.25, -0.2) is 0 Å². The van der Waals surface area contributed by atoms with E-state index in [0.717, 1.165) is 28.3 Å². The van der Waals surface area contributed by atoms with E-state index in [2.05, 4.69) is 44.5 Å². The van der Waals surface area contributed by atoms with E-state index in [4.69, 9.17) is 12.2 Å². The molecule has 0 radical (unpaired) electrons. The van der Waals surface area contributed by atoms with E-state index in [1.54, 1.807) is 0 Å². The summed E-state index contributed by atoms with van der Waals surface area (Å²) in [7, 11) is 0. The lowest BCUT2D eigenvalue weighted by Gasteiger charge is -2.22. The molecule has 4 rings (SSSR count). The summed E-state index contributed by atoms with van der Waals surface area (Å²) in [4.78, 5) is 7.84. The standard InChI is InChI=1S/C16H17N3S2/c20-16-18-14-9-17-13-4-2-1-3-12(13)15(14)19(16)10-11-5-7-21-8-6-11/h1-4,9,11H,5-8,10H2,(H,18,20). The predicted octanol–water partition coefficient (Wildman–Crippen LogP) is 4.39. The number of thioether (sulfide) groups is 1. The number of hydrogen-bond acceptors (Lipinski definition) is 3. The molecule has 3 nitrogen and oxygen atoms in total. The van der Waals surface area contributed by atoms with Gasteiger partial charge in [-0.1, -0.05) is 18.2 Å². The highest BCUT2D eigenvalue weighted by Gasteiger charge is 2.17. The summed E-state index contributed by atoms with van der Waals surface area (Å²) < 4.78 is 3.11. The number of pyridine rings is 1. The molecule has 0 atom stereocenters. The maximum Gasteiger partial charge on any atom is 0.178 e. The fourth-order valence-corrected chi connectivity index (χ4v) is 4.63. The second-order valence-electron chi connectivity index (χ2n) is 5.63. The molecule has 0 amide bonds. The Hall–Kier alpha value is -1.33. The molecule has 1 fully saturated rings. The lowest BCUT2D eigenvalue weighted by Crippen LogP contribution is -2.16. The van der Waals surface area contributed by atoms with Crippen LogP contribution in [-0.4, -0.2) is 26.0 Å². The SMILES string of the molecule is S=c1[nH]c2cnc3ccccc3c2n1CC1CCSCC1. The molecule has 0 unspecified atom stereocenters. The van der Waals surface area contributed by atoms with E-state index in [9.17, 15) is 0 Å². The average molecular weight is 315 g/mol. The first kappa shape index (κ1) is 13.3. The smallest absolute Gasteiger partial charge is 0.178 e. The number of nitrogens with zero attached hydrogens (tertiary/aromatic N) is 2. The Labute approximate surface area is 132 Å². The molecule has 0 saturated carbocycles. The predicted molar refractivity (Wildman–Crippen MR) is 92.5 cm³/mol. The number of rotatable bonds is 2. The van der Waals surface area contributed by atoms with Crippen LogP contribution in [0.1, 0.15) is 12.8 Å². The van der Waals surface area contributed by atoms with Crippen molar-refractivity contribution in [3.05, 3.63) is 35.2 Å². The third-order valence-corrected chi connectivity index (χ3v) is 5.66. The van der Waals surface area contributed by atoms with E-state index < -0.39 is 0 Å². The molecule has 3 heterocycles. The minimum Gasteiger partial charge on any atom is -0.329 e. The maximum atomic E-state index is 5.56. The highest BCUT2D eigenvalue weighted by molar-refractivity contribution is 7.99. The molecule has 0 spiro atoms. The van der Waals surface area contributed by atoms with Gasteiger partial charge in [-0.15, -0.1) is 0 Å². The molecular formula is C16H17N3S2. The lowest BCUT2D eigenvalue weighted by atomic mass is 10.0. The monoisotopic (exact) mass is 315 g/mol. The zero-order valence-corrected chi connectivity index (χ0v) is 13.3. The Morgan fingerprint density at radius 3 is 2.95 bits per heavy atom. The zero-order valence-electron chi connectivity index (χ0n) is 11.7. The number of aromatic amines is 1. The Kier molecular flexibility index (Phi) is 3.47. The summed E-state index contributed by atoms with van der Waals surface area (Å²) >= 11 is 7.63. The normalized spacial score (nSPS) is 16.8. The Morgan fingerprint density at radius 1 is 1.29 bits per heavy atom. The molecule has 0 aliphatic carbocycles. The molecule has 1 aromatic carbocycles. The fourth-order valence-electron chi connectivity index (χ4n) is 3.15. The van der Waals surface area contributed by atoms with Crippen LogP contribution in [0.5, 0.6) is 0 Å². The first-order valence-electron chi connectivity index (χ1n) is 7.37. The van der Waals surface area contributed by atoms with E-state index in [-0.39, 0.29) is 0 Å².